The summed E-state index contributed by atoms with van der Waals surface area (Å²) in [4.78, 5) is 7.90. The molecule has 0 saturated carbocycles. The minimum absolute atomic E-state index is 0.0269. The van der Waals surface area contributed by atoms with Crippen LogP contribution >= 0.6 is 11.3 Å². The highest BCUT2D eigenvalue weighted by atomic mass is 32.1. The minimum Gasteiger partial charge on any atom is -0.492 e. The molecule has 144 valence electrons. The predicted molar refractivity (Wildman–Crippen MR) is 102 cm³/mol. The van der Waals surface area contributed by atoms with Crippen molar-refractivity contribution in [2.75, 3.05) is 13.1 Å². The van der Waals surface area contributed by atoms with Gasteiger partial charge in [0.2, 0.25) is 10.8 Å². The van der Waals surface area contributed by atoms with E-state index in [2.05, 4.69) is 15.0 Å². The molecular weight excluding hydrogens is 367 g/mol. The van der Waals surface area contributed by atoms with Crippen LogP contribution in [0.1, 0.15) is 43.1 Å². The number of morpholine rings is 1. The maximum atomic E-state index is 14.7. The molecule has 0 spiro atoms. The Kier molecular flexibility index (Phi) is 4.88. The first-order valence-electron chi connectivity index (χ1n) is 9.19. The zero-order valence-corrected chi connectivity index (χ0v) is 16.4. The van der Waals surface area contributed by atoms with E-state index >= 15 is 0 Å². The van der Waals surface area contributed by atoms with Gasteiger partial charge in [-0.2, -0.15) is 4.52 Å². The third kappa shape index (κ3) is 3.33. The molecule has 0 amide bonds. The summed E-state index contributed by atoms with van der Waals surface area (Å²) in [6, 6.07) is 6.31. The SMILES string of the molecule is CCc1nc2sc([C@H](c3ccccc3F)N3C[C@@H](C)O[C@@H](C)C3)c(O)n2n1. The molecule has 27 heavy (non-hydrogen) atoms. The molecule has 1 aliphatic rings. The van der Waals surface area contributed by atoms with Gasteiger partial charge in [-0.15, -0.1) is 5.10 Å². The van der Waals surface area contributed by atoms with Crippen LogP contribution in [0.4, 0.5) is 4.39 Å². The topological polar surface area (TPSA) is 62.9 Å². The molecule has 1 aromatic carbocycles. The molecule has 1 fully saturated rings. The maximum Gasteiger partial charge on any atom is 0.230 e. The Morgan fingerprint density at radius 3 is 2.63 bits per heavy atom. The second-order valence-corrected chi connectivity index (χ2v) is 8.01. The molecule has 6 nitrogen and oxygen atoms in total. The smallest absolute Gasteiger partial charge is 0.230 e. The number of benzene rings is 1. The van der Waals surface area contributed by atoms with Gasteiger partial charge in [-0.1, -0.05) is 36.5 Å². The monoisotopic (exact) mass is 390 g/mol. The standard InChI is InChI=1S/C19H23FN4O2S/c1-4-15-21-19-24(22-15)18(25)17(27-19)16(13-7-5-6-8-14(13)20)23-9-11(2)26-12(3)10-23/h5-8,11-12,16,25H,4,9-10H2,1-3H3/t11-,12+,16-/m0/s1. The van der Waals surface area contributed by atoms with Crippen LogP contribution in [0, 0.1) is 5.82 Å². The van der Waals surface area contributed by atoms with Gasteiger partial charge in [0.15, 0.2) is 5.82 Å². The Balaban J connectivity index is 1.84. The Bertz CT molecular complexity index is 946. The van der Waals surface area contributed by atoms with E-state index in [1.807, 2.05) is 26.8 Å². The first-order valence-corrected chi connectivity index (χ1v) is 10.0. The lowest BCUT2D eigenvalue weighted by Gasteiger charge is -2.40. The third-order valence-corrected chi connectivity index (χ3v) is 5.89. The molecule has 1 N–H and O–H groups in total. The fraction of sp³-hybridized carbons (Fsp3) is 0.474. The fourth-order valence-electron chi connectivity index (χ4n) is 3.75. The number of fused-ring (bicyclic) bond motifs is 1. The summed E-state index contributed by atoms with van der Waals surface area (Å²) < 4.78 is 22.0. The molecule has 0 unspecified atom stereocenters. The number of thiazole rings is 1. The van der Waals surface area contributed by atoms with Crippen LogP contribution in [0.25, 0.3) is 4.96 Å². The Morgan fingerprint density at radius 2 is 2.00 bits per heavy atom. The zero-order valence-electron chi connectivity index (χ0n) is 15.6. The molecule has 0 bridgehead atoms. The summed E-state index contributed by atoms with van der Waals surface area (Å²) in [6.45, 7) is 7.29. The summed E-state index contributed by atoms with van der Waals surface area (Å²) in [7, 11) is 0. The summed E-state index contributed by atoms with van der Waals surface area (Å²) in [6.07, 6.45) is 0.747. The number of aromatic nitrogens is 3. The molecule has 1 saturated heterocycles. The van der Waals surface area contributed by atoms with Crippen molar-refractivity contribution in [3.63, 3.8) is 0 Å². The van der Waals surface area contributed by atoms with E-state index in [0.717, 1.165) is 0 Å². The van der Waals surface area contributed by atoms with Gasteiger partial charge < -0.3 is 9.84 Å². The summed E-state index contributed by atoms with van der Waals surface area (Å²) in [5, 5.41) is 15.2. The lowest BCUT2D eigenvalue weighted by molar-refractivity contribution is -0.0767. The molecule has 3 atom stereocenters. The normalized spacial score (nSPS) is 22.4. The van der Waals surface area contributed by atoms with Gasteiger partial charge in [-0.05, 0) is 19.9 Å². The minimum atomic E-state index is -0.418. The van der Waals surface area contributed by atoms with Gasteiger partial charge >= 0.3 is 0 Å². The second-order valence-electron chi connectivity index (χ2n) is 7.00. The summed E-state index contributed by atoms with van der Waals surface area (Å²) in [5.41, 5.74) is 0.536. The van der Waals surface area contributed by atoms with Crippen LogP contribution in [0.3, 0.4) is 0 Å². The lowest BCUT2D eigenvalue weighted by Crippen LogP contribution is -2.47. The zero-order chi connectivity index (χ0) is 19.1. The third-order valence-electron chi connectivity index (χ3n) is 4.82. The molecule has 2 aromatic heterocycles. The van der Waals surface area contributed by atoms with Crippen molar-refractivity contribution < 1.29 is 14.2 Å². The van der Waals surface area contributed by atoms with E-state index in [0.29, 0.717) is 40.7 Å². The van der Waals surface area contributed by atoms with Crippen LogP contribution in [-0.4, -0.2) is 49.9 Å². The van der Waals surface area contributed by atoms with E-state index in [-0.39, 0.29) is 23.9 Å². The van der Waals surface area contributed by atoms with Crippen LogP contribution in [0.2, 0.25) is 0 Å². The van der Waals surface area contributed by atoms with E-state index in [9.17, 15) is 9.50 Å². The quantitative estimate of drug-likeness (QED) is 0.740. The average Bonchev–Trinajstić information content (AvgIpc) is 3.16. The van der Waals surface area contributed by atoms with E-state index in [1.165, 1.54) is 21.9 Å². The number of halogens is 1. The van der Waals surface area contributed by atoms with Gasteiger partial charge in [-0.25, -0.2) is 9.37 Å². The highest BCUT2D eigenvalue weighted by Gasteiger charge is 2.35. The highest BCUT2D eigenvalue weighted by molar-refractivity contribution is 7.17. The number of rotatable bonds is 4. The number of aryl methyl sites for hydroxylation is 1. The number of hydrogen-bond acceptors (Lipinski definition) is 6. The largest absolute Gasteiger partial charge is 0.492 e. The van der Waals surface area contributed by atoms with E-state index in [4.69, 9.17) is 4.74 Å². The van der Waals surface area contributed by atoms with E-state index < -0.39 is 6.04 Å². The summed E-state index contributed by atoms with van der Waals surface area (Å²) in [5.74, 6) is 0.420. The number of nitrogens with zero attached hydrogens (tertiary/aromatic N) is 4. The lowest BCUT2D eigenvalue weighted by atomic mass is 10.0. The van der Waals surface area contributed by atoms with Crippen molar-refractivity contribution in [1.82, 2.24) is 19.5 Å². The molecule has 1 aliphatic heterocycles. The van der Waals surface area contributed by atoms with Gasteiger partial charge in [0.05, 0.1) is 23.1 Å². The average molecular weight is 390 g/mol. The van der Waals surface area contributed by atoms with Crippen LogP contribution in [0.15, 0.2) is 24.3 Å². The van der Waals surface area contributed by atoms with Crippen molar-refractivity contribution in [2.24, 2.45) is 0 Å². The van der Waals surface area contributed by atoms with Gasteiger partial charge in [0, 0.05) is 25.1 Å². The Hall–Kier alpha value is -2.03. The molecule has 3 aromatic rings. The maximum absolute atomic E-state index is 14.7. The van der Waals surface area contributed by atoms with E-state index in [1.54, 1.807) is 12.1 Å². The fourth-order valence-corrected chi connectivity index (χ4v) is 4.87. The molecule has 0 radical (unpaired) electrons. The van der Waals surface area contributed by atoms with Gasteiger partial charge in [-0.3, -0.25) is 4.90 Å². The number of ether oxygens (including phenoxy) is 1. The van der Waals surface area contributed by atoms with Crippen molar-refractivity contribution in [1.29, 1.82) is 0 Å². The van der Waals surface area contributed by atoms with Crippen molar-refractivity contribution in [3.05, 3.63) is 46.3 Å². The Morgan fingerprint density at radius 1 is 1.30 bits per heavy atom. The van der Waals surface area contributed by atoms with Crippen molar-refractivity contribution in [3.8, 4) is 5.88 Å². The molecule has 4 rings (SSSR count). The molecule has 0 aliphatic carbocycles. The molecule has 3 heterocycles. The Labute approximate surface area is 161 Å². The van der Waals surface area contributed by atoms with Gasteiger partial charge in [0.25, 0.3) is 0 Å². The molecular formula is C19H23FN4O2S. The number of aromatic hydroxyl groups is 1. The van der Waals surface area contributed by atoms with Crippen LogP contribution < -0.4 is 0 Å². The number of hydrogen-bond donors (Lipinski definition) is 1. The van der Waals surface area contributed by atoms with Crippen molar-refractivity contribution in [2.45, 2.75) is 45.4 Å². The predicted octanol–water partition coefficient (Wildman–Crippen LogP) is 3.40. The second kappa shape index (κ2) is 7.18. The van der Waals surface area contributed by atoms with Crippen molar-refractivity contribution >= 4 is 16.3 Å². The first kappa shape index (κ1) is 18.3. The molecule has 8 heteroatoms. The van der Waals surface area contributed by atoms with Crippen LogP contribution in [0.5, 0.6) is 5.88 Å². The summed E-state index contributed by atoms with van der Waals surface area (Å²) >= 11 is 1.36. The van der Waals surface area contributed by atoms with Crippen LogP contribution in [-0.2, 0) is 11.2 Å². The first-order chi connectivity index (χ1) is 13.0. The highest BCUT2D eigenvalue weighted by Crippen LogP contribution is 2.41. The van der Waals surface area contributed by atoms with Gasteiger partial charge in [0.1, 0.15) is 5.82 Å².